The standard InChI is InChI=1S/C18H24N2O6/c1-12(21)15(16(22)20-10-6-9-14(20)17(23)25-2)19-18(24)26-11-13-7-4-3-5-8-13/h3-5,7-8,12,14-15,21H,6,9-11H2,1-2H3,(H,19,24)/t12-,14+,15+/m1/s1. The zero-order valence-electron chi connectivity index (χ0n) is 14.9. The fraction of sp³-hybridized carbons (Fsp3) is 0.500. The van der Waals surface area contributed by atoms with Gasteiger partial charge in [0.05, 0.1) is 13.2 Å². The fourth-order valence-electron chi connectivity index (χ4n) is 2.87. The van der Waals surface area contributed by atoms with E-state index in [-0.39, 0.29) is 6.61 Å². The molecule has 2 rings (SSSR count). The molecule has 2 N–H and O–H groups in total. The Morgan fingerprint density at radius 1 is 1.31 bits per heavy atom. The second-order valence-electron chi connectivity index (χ2n) is 6.14. The number of amides is 2. The number of hydrogen-bond acceptors (Lipinski definition) is 6. The number of aliphatic hydroxyl groups is 1. The molecule has 26 heavy (non-hydrogen) atoms. The monoisotopic (exact) mass is 364 g/mol. The average molecular weight is 364 g/mol. The molecule has 0 aromatic heterocycles. The molecular formula is C18H24N2O6. The Bertz CT molecular complexity index is 634. The topological polar surface area (TPSA) is 105 Å². The Kier molecular flexibility index (Phi) is 6.97. The first-order valence-corrected chi connectivity index (χ1v) is 8.47. The molecule has 1 aromatic rings. The van der Waals surface area contributed by atoms with E-state index < -0.39 is 36.2 Å². The lowest BCUT2D eigenvalue weighted by atomic mass is 10.1. The predicted octanol–water partition coefficient (Wildman–Crippen LogP) is 0.826. The van der Waals surface area contributed by atoms with Crippen LogP contribution in [0.4, 0.5) is 4.79 Å². The molecule has 3 atom stereocenters. The summed E-state index contributed by atoms with van der Waals surface area (Å²) in [6.07, 6.45) is -0.826. The van der Waals surface area contributed by atoms with Crippen molar-refractivity contribution in [3.05, 3.63) is 35.9 Å². The molecule has 1 aromatic carbocycles. The van der Waals surface area contributed by atoms with Crippen LogP contribution in [-0.4, -0.2) is 59.8 Å². The highest BCUT2D eigenvalue weighted by molar-refractivity contribution is 5.90. The van der Waals surface area contributed by atoms with Crippen LogP contribution in [0.15, 0.2) is 30.3 Å². The summed E-state index contributed by atoms with van der Waals surface area (Å²) in [4.78, 5) is 37.9. The van der Waals surface area contributed by atoms with Crippen LogP contribution < -0.4 is 5.32 Å². The summed E-state index contributed by atoms with van der Waals surface area (Å²) in [7, 11) is 1.26. The summed E-state index contributed by atoms with van der Waals surface area (Å²) in [5, 5.41) is 12.3. The third-order valence-electron chi connectivity index (χ3n) is 4.24. The number of alkyl carbamates (subject to hydrolysis) is 1. The minimum absolute atomic E-state index is 0.0435. The molecule has 1 saturated heterocycles. The van der Waals surface area contributed by atoms with Gasteiger partial charge < -0.3 is 24.8 Å². The smallest absolute Gasteiger partial charge is 0.408 e. The van der Waals surface area contributed by atoms with Gasteiger partial charge in [-0.25, -0.2) is 9.59 Å². The highest BCUT2D eigenvalue weighted by atomic mass is 16.5. The van der Waals surface area contributed by atoms with Gasteiger partial charge in [0.1, 0.15) is 18.7 Å². The molecule has 8 nitrogen and oxygen atoms in total. The Morgan fingerprint density at radius 2 is 2.00 bits per heavy atom. The van der Waals surface area contributed by atoms with Crippen molar-refractivity contribution < 1.29 is 29.0 Å². The second kappa shape index (κ2) is 9.19. The highest BCUT2D eigenvalue weighted by Crippen LogP contribution is 2.20. The Labute approximate surface area is 152 Å². The van der Waals surface area contributed by atoms with Crippen molar-refractivity contribution in [1.82, 2.24) is 10.2 Å². The Hall–Kier alpha value is -2.61. The van der Waals surface area contributed by atoms with Crippen molar-refractivity contribution in [2.45, 2.75) is 44.6 Å². The Morgan fingerprint density at radius 3 is 2.62 bits per heavy atom. The first-order chi connectivity index (χ1) is 12.4. The molecule has 1 fully saturated rings. The van der Waals surface area contributed by atoms with Crippen LogP contribution in [0, 0.1) is 0 Å². The van der Waals surface area contributed by atoms with Crippen LogP contribution in [0.1, 0.15) is 25.3 Å². The van der Waals surface area contributed by atoms with Crippen LogP contribution in [0.2, 0.25) is 0 Å². The molecule has 0 aliphatic carbocycles. The van der Waals surface area contributed by atoms with E-state index >= 15 is 0 Å². The van der Waals surface area contributed by atoms with Crippen molar-refractivity contribution in [3.63, 3.8) is 0 Å². The number of methoxy groups -OCH3 is 1. The van der Waals surface area contributed by atoms with Gasteiger partial charge in [-0.05, 0) is 25.3 Å². The molecule has 0 radical (unpaired) electrons. The number of rotatable bonds is 6. The molecule has 2 amide bonds. The zero-order valence-corrected chi connectivity index (χ0v) is 14.9. The minimum atomic E-state index is -1.21. The molecule has 0 saturated carbocycles. The second-order valence-corrected chi connectivity index (χ2v) is 6.14. The maximum Gasteiger partial charge on any atom is 0.408 e. The highest BCUT2D eigenvalue weighted by Gasteiger charge is 2.39. The van der Waals surface area contributed by atoms with E-state index in [0.29, 0.717) is 19.4 Å². The van der Waals surface area contributed by atoms with Crippen molar-refractivity contribution >= 4 is 18.0 Å². The normalized spacial score (nSPS) is 18.7. The zero-order chi connectivity index (χ0) is 19.1. The summed E-state index contributed by atoms with van der Waals surface area (Å²) < 4.78 is 9.81. The van der Waals surface area contributed by atoms with Crippen LogP contribution in [0.3, 0.4) is 0 Å². The van der Waals surface area contributed by atoms with Crippen molar-refractivity contribution in [2.24, 2.45) is 0 Å². The molecule has 8 heteroatoms. The summed E-state index contributed by atoms with van der Waals surface area (Å²) in [5.74, 6) is -1.04. The summed E-state index contributed by atoms with van der Waals surface area (Å²) in [6.45, 7) is 1.80. The van der Waals surface area contributed by atoms with Crippen LogP contribution in [0.25, 0.3) is 0 Å². The Balaban J connectivity index is 1.97. The molecule has 0 bridgehead atoms. The lowest BCUT2D eigenvalue weighted by molar-refractivity contribution is -0.152. The van der Waals surface area contributed by atoms with Gasteiger partial charge >= 0.3 is 12.1 Å². The quantitative estimate of drug-likeness (QED) is 0.725. The molecular weight excluding hydrogens is 340 g/mol. The van der Waals surface area contributed by atoms with Crippen molar-refractivity contribution in [1.29, 1.82) is 0 Å². The number of ether oxygens (including phenoxy) is 2. The maximum absolute atomic E-state index is 12.7. The van der Waals surface area contributed by atoms with E-state index in [4.69, 9.17) is 9.47 Å². The summed E-state index contributed by atoms with van der Waals surface area (Å²) >= 11 is 0. The van der Waals surface area contributed by atoms with Gasteiger partial charge in [0.2, 0.25) is 5.91 Å². The number of benzene rings is 1. The van der Waals surface area contributed by atoms with Crippen LogP contribution >= 0.6 is 0 Å². The molecule has 1 heterocycles. The molecule has 0 spiro atoms. The van der Waals surface area contributed by atoms with Gasteiger partial charge in [-0.1, -0.05) is 30.3 Å². The first kappa shape index (κ1) is 19.7. The van der Waals surface area contributed by atoms with E-state index in [0.717, 1.165) is 5.56 Å². The van der Waals surface area contributed by atoms with E-state index in [2.05, 4.69) is 5.32 Å². The lowest BCUT2D eigenvalue weighted by Gasteiger charge is -2.29. The van der Waals surface area contributed by atoms with Crippen molar-refractivity contribution in [2.75, 3.05) is 13.7 Å². The van der Waals surface area contributed by atoms with Gasteiger partial charge in [0.25, 0.3) is 0 Å². The van der Waals surface area contributed by atoms with Gasteiger partial charge in [-0.15, -0.1) is 0 Å². The molecule has 1 aliphatic heterocycles. The number of aliphatic hydroxyl groups excluding tert-OH is 1. The molecule has 142 valence electrons. The third-order valence-corrected chi connectivity index (χ3v) is 4.24. The summed E-state index contributed by atoms with van der Waals surface area (Å²) in [5.41, 5.74) is 0.799. The average Bonchev–Trinajstić information content (AvgIpc) is 3.13. The first-order valence-electron chi connectivity index (χ1n) is 8.47. The number of nitrogens with zero attached hydrogens (tertiary/aromatic N) is 1. The number of nitrogens with one attached hydrogen (secondary N) is 1. The van der Waals surface area contributed by atoms with E-state index in [9.17, 15) is 19.5 Å². The molecule has 1 aliphatic rings. The fourth-order valence-corrected chi connectivity index (χ4v) is 2.87. The number of esters is 1. The number of carbonyl (C=O) groups is 3. The number of likely N-dealkylation sites (tertiary alicyclic amines) is 1. The van der Waals surface area contributed by atoms with Gasteiger partial charge in [0, 0.05) is 6.54 Å². The van der Waals surface area contributed by atoms with E-state index in [1.165, 1.54) is 18.9 Å². The van der Waals surface area contributed by atoms with Gasteiger partial charge in [-0.3, -0.25) is 4.79 Å². The van der Waals surface area contributed by atoms with E-state index in [1.54, 1.807) is 12.1 Å². The SMILES string of the molecule is COC(=O)[C@@H]1CCCN1C(=O)[C@@H](NC(=O)OCc1ccccc1)[C@@H](C)O. The summed E-state index contributed by atoms with van der Waals surface area (Å²) in [6, 6.07) is 7.18. The predicted molar refractivity (Wildman–Crippen MR) is 92.0 cm³/mol. The van der Waals surface area contributed by atoms with E-state index in [1.807, 2.05) is 18.2 Å². The number of carbonyl (C=O) groups excluding carboxylic acids is 3. The minimum Gasteiger partial charge on any atom is -0.467 e. The maximum atomic E-state index is 12.7. The van der Waals surface area contributed by atoms with Gasteiger partial charge in [-0.2, -0.15) is 0 Å². The third kappa shape index (κ3) is 4.95. The molecule has 0 unspecified atom stereocenters. The number of hydrogen-bond donors (Lipinski definition) is 2. The largest absolute Gasteiger partial charge is 0.467 e. The lowest BCUT2D eigenvalue weighted by Crippen LogP contribution is -2.56. The van der Waals surface area contributed by atoms with Crippen LogP contribution in [0.5, 0.6) is 0 Å². The van der Waals surface area contributed by atoms with Gasteiger partial charge in [0.15, 0.2) is 0 Å². The van der Waals surface area contributed by atoms with Crippen LogP contribution in [-0.2, 0) is 25.7 Å². The van der Waals surface area contributed by atoms with Crippen molar-refractivity contribution in [3.8, 4) is 0 Å².